The first kappa shape index (κ1) is 20.0. The number of rotatable bonds is 8. The molecule has 0 fully saturated rings. The number of amides is 3. The molecule has 0 radical (unpaired) electrons. The van der Waals surface area contributed by atoms with Gasteiger partial charge in [0.25, 0.3) is 5.91 Å². The van der Waals surface area contributed by atoms with Crippen molar-refractivity contribution in [3.05, 3.63) is 69.7 Å². The molecule has 3 N–H and O–H groups in total. The smallest absolute Gasteiger partial charge is 0.315 e. The Morgan fingerprint density at radius 1 is 0.962 bits per heavy atom. The largest absolute Gasteiger partial charge is 0.352 e. The molecule has 0 aliphatic carbocycles. The summed E-state index contributed by atoms with van der Waals surface area (Å²) in [5.41, 5.74) is 2.72. The first-order valence-electron chi connectivity index (χ1n) is 8.71. The third-order valence-electron chi connectivity index (χ3n) is 3.80. The van der Waals surface area contributed by atoms with Crippen LogP contribution < -0.4 is 16.0 Å². The van der Waals surface area contributed by atoms with Gasteiger partial charge in [-0.15, -0.1) is 0 Å². The molecule has 138 valence electrons. The summed E-state index contributed by atoms with van der Waals surface area (Å²) in [7, 11) is 0. The van der Waals surface area contributed by atoms with Crippen LogP contribution in [0.5, 0.6) is 0 Å². The second-order valence-corrected chi connectivity index (χ2v) is 6.82. The minimum Gasteiger partial charge on any atom is -0.352 e. The molecule has 0 bridgehead atoms. The maximum absolute atomic E-state index is 11.9. The van der Waals surface area contributed by atoms with Crippen molar-refractivity contribution in [2.45, 2.75) is 26.3 Å². The summed E-state index contributed by atoms with van der Waals surface area (Å²) in [5, 5.41) is 8.43. The fourth-order valence-corrected chi connectivity index (χ4v) is 2.96. The minimum atomic E-state index is -0.206. The zero-order valence-corrected chi connectivity index (χ0v) is 16.4. The highest BCUT2D eigenvalue weighted by atomic mass is 79.9. The molecular formula is C20H24BrN3O2. The van der Waals surface area contributed by atoms with Gasteiger partial charge in [-0.05, 0) is 55.2 Å². The summed E-state index contributed by atoms with van der Waals surface area (Å²) in [6, 6.07) is 15.2. The number of aryl methyl sites for hydroxylation is 1. The van der Waals surface area contributed by atoms with Crippen LogP contribution in [0.15, 0.2) is 53.0 Å². The van der Waals surface area contributed by atoms with Gasteiger partial charge in [0.2, 0.25) is 0 Å². The van der Waals surface area contributed by atoms with Crippen molar-refractivity contribution in [1.82, 2.24) is 16.0 Å². The zero-order chi connectivity index (χ0) is 18.8. The quantitative estimate of drug-likeness (QED) is 0.573. The molecule has 2 aromatic rings. The van der Waals surface area contributed by atoms with Gasteiger partial charge in [-0.3, -0.25) is 4.79 Å². The maximum Gasteiger partial charge on any atom is 0.315 e. The van der Waals surface area contributed by atoms with Crippen LogP contribution in [0, 0.1) is 0 Å². The van der Waals surface area contributed by atoms with E-state index in [1.165, 1.54) is 5.56 Å². The van der Waals surface area contributed by atoms with Crippen LogP contribution in [0.1, 0.15) is 34.8 Å². The number of carbonyl (C=O) groups is 2. The number of halogens is 1. The second kappa shape index (κ2) is 10.6. The number of hydrogen-bond acceptors (Lipinski definition) is 2. The van der Waals surface area contributed by atoms with Gasteiger partial charge in [0, 0.05) is 29.7 Å². The first-order chi connectivity index (χ1) is 12.6. The Hall–Kier alpha value is -2.34. The van der Waals surface area contributed by atoms with Crippen LogP contribution in [0.3, 0.4) is 0 Å². The summed E-state index contributed by atoms with van der Waals surface area (Å²) in [5.74, 6) is -0.105. The van der Waals surface area contributed by atoms with Gasteiger partial charge < -0.3 is 16.0 Å². The molecule has 0 heterocycles. The van der Waals surface area contributed by atoms with E-state index < -0.39 is 0 Å². The molecule has 0 aromatic heterocycles. The van der Waals surface area contributed by atoms with E-state index in [9.17, 15) is 9.59 Å². The Morgan fingerprint density at radius 2 is 1.73 bits per heavy atom. The molecule has 26 heavy (non-hydrogen) atoms. The molecule has 0 aliphatic rings. The van der Waals surface area contributed by atoms with Crippen molar-refractivity contribution in [2.24, 2.45) is 0 Å². The molecular weight excluding hydrogens is 394 g/mol. The van der Waals surface area contributed by atoms with Crippen molar-refractivity contribution < 1.29 is 9.59 Å². The summed E-state index contributed by atoms with van der Waals surface area (Å²) in [4.78, 5) is 23.7. The summed E-state index contributed by atoms with van der Waals surface area (Å²) in [6.07, 6.45) is 1.78. The fourth-order valence-electron chi connectivity index (χ4n) is 2.52. The van der Waals surface area contributed by atoms with Crippen molar-refractivity contribution in [2.75, 3.05) is 13.1 Å². The van der Waals surface area contributed by atoms with E-state index in [0.29, 0.717) is 25.2 Å². The van der Waals surface area contributed by atoms with Gasteiger partial charge >= 0.3 is 6.03 Å². The lowest BCUT2D eigenvalue weighted by atomic mass is 10.1. The molecule has 0 spiro atoms. The van der Waals surface area contributed by atoms with Crippen molar-refractivity contribution in [1.29, 1.82) is 0 Å². The van der Waals surface area contributed by atoms with E-state index >= 15 is 0 Å². The molecule has 0 saturated heterocycles. The average Bonchev–Trinajstić information content (AvgIpc) is 2.64. The zero-order valence-electron chi connectivity index (χ0n) is 14.8. The maximum atomic E-state index is 11.9. The Labute approximate surface area is 162 Å². The molecule has 5 nitrogen and oxygen atoms in total. The lowest BCUT2D eigenvalue weighted by Crippen LogP contribution is -2.35. The van der Waals surface area contributed by atoms with Gasteiger partial charge in [-0.2, -0.15) is 0 Å². The van der Waals surface area contributed by atoms with Crippen molar-refractivity contribution in [3.8, 4) is 0 Å². The lowest BCUT2D eigenvalue weighted by Gasteiger charge is -2.09. The van der Waals surface area contributed by atoms with Crippen LogP contribution in [-0.4, -0.2) is 25.0 Å². The molecule has 0 unspecified atom stereocenters. The third kappa shape index (κ3) is 6.88. The highest BCUT2D eigenvalue weighted by molar-refractivity contribution is 9.10. The van der Waals surface area contributed by atoms with Gasteiger partial charge in [0.1, 0.15) is 0 Å². The minimum absolute atomic E-state index is 0.105. The fraction of sp³-hybridized carbons (Fsp3) is 0.300. The molecule has 2 aromatic carbocycles. The Bertz CT molecular complexity index is 749. The topological polar surface area (TPSA) is 70.2 Å². The summed E-state index contributed by atoms with van der Waals surface area (Å²) in [6.45, 7) is 3.45. The Kier molecular flexibility index (Phi) is 8.15. The SMILES string of the molecule is CCNC(=O)c1cccc(CNC(=O)NCCCc2cccc(Br)c2)c1. The van der Waals surface area contributed by atoms with E-state index in [0.717, 1.165) is 22.9 Å². The van der Waals surface area contributed by atoms with E-state index in [2.05, 4.69) is 44.0 Å². The normalized spacial score (nSPS) is 10.2. The second-order valence-electron chi connectivity index (χ2n) is 5.90. The summed E-state index contributed by atoms with van der Waals surface area (Å²) >= 11 is 3.45. The average molecular weight is 418 g/mol. The van der Waals surface area contributed by atoms with Crippen LogP contribution in [0.4, 0.5) is 4.79 Å². The van der Waals surface area contributed by atoms with E-state index in [4.69, 9.17) is 0 Å². The van der Waals surface area contributed by atoms with Gasteiger partial charge in [-0.25, -0.2) is 4.79 Å². The number of nitrogens with one attached hydrogen (secondary N) is 3. The Morgan fingerprint density at radius 3 is 2.50 bits per heavy atom. The Balaban J connectivity index is 1.70. The monoisotopic (exact) mass is 417 g/mol. The molecule has 0 saturated carbocycles. The van der Waals surface area contributed by atoms with Crippen LogP contribution in [0.25, 0.3) is 0 Å². The van der Waals surface area contributed by atoms with E-state index in [1.54, 1.807) is 12.1 Å². The van der Waals surface area contributed by atoms with E-state index in [1.807, 2.05) is 31.2 Å². The van der Waals surface area contributed by atoms with Crippen LogP contribution in [-0.2, 0) is 13.0 Å². The van der Waals surface area contributed by atoms with E-state index in [-0.39, 0.29) is 11.9 Å². The highest BCUT2D eigenvalue weighted by Gasteiger charge is 2.06. The van der Waals surface area contributed by atoms with Gasteiger partial charge in [0.15, 0.2) is 0 Å². The predicted molar refractivity (Wildman–Crippen MR) is 107 cm³/mol. The summed E-state index contributed by atoms with van der Waals surface area (Å²) < 4.78 is 1.07. The van der Waals surface area contributed by atoms with Crippen LogP contribution >= 0.6 is 15.9 Å². The third-order valence-corrected chi connectivity index (χ3v) is 4.29. The number of hydrogen-bond donors (Lipinski definition) is 3. The molecule has 0 aliphatic heterocycles. The highest BCUT2D eigenvalue weighted by Crippen LogP contribution is 2.12. The van der Waals surface area contributed by atoms with Crippen molar-refractivity contribution in [3.63, 3.8) is 0 Å². The molecule has 2 rings (SSSR count). The van der Waals surface area contributed by atoms with Crippen LogP contribution in [0.2, 0.25) is 0 Å². The number of urea groups is 1. The molecule has 0 atom stereocenters. The van der Waals surface area contributed by atoms with Gasteiger partial charge in [0.05, 0.1) is 0 Å². The molecule has 3 amide bonds. The van der Waals surface area contributed by atoms with Gasteiger partial charge in [-0.1, -0.05) is 40.2 Å². The number of carbonyl (C=O) groups excluding carboxylic acids is 2. The standard InChI is InChI=1S/C20H24BrN3O2/c1-2-22-19(25)17-9-3-7-16(12-17)14-24-20(26)23-11-5-8-15-6-4-10-18(21)13-15/h3-4,6-7,9-10,12-13H,2,5,8,11,14H2,1H3,(H,22,25)(H2,23,24,26). The van der Waals surface area contributed by atoms with Crippen molar-refractivity contribution >= 4 is 27.9 Å². The first-order valence-corrected chi connectivity index (χ1v) is 9.51. The lowest BCUT2D eigenvalue weighted by molar-refractivity contribution is 0.0955. The number of benzene rings is 2. The molecule has 6 heteroatoms. The predicted octanol–water partition coefficient (Wildman–Crippen LogP) is 3.63.